The first kappa shape index (κ1) is 52.9. The minimum absolute atomic E-state index is 0.0298. The SMILES string of the molecule is CC1(C)c2ccccc2N(c2ccccc2)c2cc(-c3c(-c4ccccc4)c(C#N)c(-c4ccccc4)c(-c4ccc5c(c4)N(c4ccccc4)c4ccccc4C5(C)C)c3-n3c4ccc(C(F)(F)F)cc4c4cc(C(F)(F)F)ccc43)ccc21. The number of para-hydroxylation sites is 4. The van der Waals surface area contributed by atoms with Crippen LogP contribution in [0.3, 0.4) is 0 Å². The van der Waals surface area contributed by atoms with Crippen molar-refractivity contribution in [2.75, 3.05) is 9.80 Å². The van der Waals surface area contributed by atoms with Gasteiger partial charge >= 0.3 is 12.4 Å². The molecule has 3 heterocycles. The molecule has 10 heteroatoms. The Morgan fingerprint density at radius 1 is 0.353 bits per heavy atom. The Hall–Kier alpha value is -10.1. The monoisotopic (exact) mass is 1120 g/mol. The second kappa shape index (κ2) is 19.5. The summed E-state index contributed by atoms with van der Waals surface area (Å²) in [6.07, 6.45) is -9.67. The number of hydrogen-bond acceptors (Lipinski definition) is 3. The highest BCUT2D eigenvalue weighted by molar-refractivity contribution is 6.15. The first-order valence-electron chi connectivity index (χ1n) is 28.1. The first-order valence-corrected chi connectivity index (χ1v) is 28.1. The molecule has 0 radical (unpaired) electrons. The normalized spacial score (nSPS) is 14.1. The molecule has 414 valence electrons. The maximum atomic E-state index is 15.1. The van der Waals surface area contributed by atoms with E-state index in [1.807, 2.05) is 126 Å². The van der Waals surface area contributed by atoms with Crippen LogP contribution in [-0.2, 0) is 23.2 Å². The number of aromatic nitrogens is 1. The van der Waals surface area contributed by atoms with Gasteiger partial charge in [-0.05, 0) is 129 Å². The Morgan fingerprint density at radius 2 is 0.706 bits per heavy atom. The molecule has 0 atom stereocenters. The zero-order valence-corrected chi connectivity index (χ0v) is 46.7. The van der Waals surface area contributed by atoms with Crippen LogP contribution in [-0.4, -0.2) is 4.57 Å². The van der Waals surface area contributed by atoms with Gasteiger partial charge in [0.2, 0.25) is 0 Å². The minimum atomic E-state index is -4.84. The van der Waals surface area contributed by atoms with Gasteiger partial charge in [0.25, 0.3) is 0 Å². The third-order valence-electron chi connectivity index (χ3n) is 17.4. The number of anilines is 6. The van der Waals surface area contributed by atoms with Crippen LogP contribution < -0.4 is 9.80 Å². The number of halogens is 6. The number of benzene rings is 11. The van der Waals surface area contributed by atoms with Gasteiger partial charge in [-0.25, -0.2) is 0 Å². The lowest BCUT2D eigenvalue weighted by atomic mass is 9.72. The summed E-state index contributed by atoms with van der Waals surface area (Å²) in [5.74, 6) is 0. The summed E-state index contributed by atoms with van der Waals surface area (Å²) in [5, 5.41) is 12.2. The fourth-order valence-corrected chi connectivity index (χ4v) is 13.5. The summed E-state index contributed by atoms with van der Waals surface area (Å²) >= 11 is 0. The van der Waals surface area contributed by atoms with Gasteiger partial charge < -0.3 is 14.4 Å². The molecule has 0 amide bonds. The average molecular weight is 1120 g/mol. The number of hydrogen-bond donors (Lipinski definition) is 0. The molecule has 0 N–H and O–H groups in total. The Kier molecular flexibility index (Phi) is 12.1. The van der Waals surface area contributed by atoms with E-state index in [1.165, 1.54) is 12.1 Å². The quantitative estimate of drug-likeness (QED) is 0.149. The smallest absolute Gasteiger partial charge is 0.310 e. The summed E-state index contributed by atoms with van der Waals surface area (Å²) in [7, 11) is 0. The van der Waals surface area contributed by atoms with Crippen molar-refractivity contribution < 1.29 is 26.3 Å². The van der Waals surface area contributed by atoms with Gasteiger partial charge in [0.15, 0.2) is 0 Å². The van der Waals surface area contributed by atoms with Gasteiger partial charge in [-0.15, -0.1) is 0 Å². The van der Waals surface area contributed by atoms with Crippen LogP contribution in [0.4, 0.5) is 60.5 Å². The Bertz CT molecular complexity index is 4400. The van der Waals surface area contributed by atoms with E-state index < -0.39 is 34.3 Å². The summed E-state index contributed by atoms with van der Waals surface area (Å²) in [6.45, 7) is 8.80. The van der Waals surface area contributed by atoms with Crippen LogP contribution in [0.2, 0.25) is 0 Å². The third kappa shape index (κ3) is 8.35. The summed E-state index contributed by atoms with van der Waals surface area (Å²) in [6, 6.07) is 78.0. The average Bonchev–Trinajstić information content (AvgIpc) is 2.06. The number of fused-ring (bicyclic) bond motifs is 7. The number of rotatable bonds is 7. The van der Waals surface area contributed by atoms with E-state index >= 15 is 26.3 Å². The van der Waals surface area contributed by atoms with Crippen LogP contribution in [0.1, 0.15) is 66.6 Å². The number of nitriles is 1. The lowest BCUT2D eigenvalue weighted by molar-refractivity contribution is -0.138. The topological polar surface area (TPSA) is 35.2 Å². The fourth-order valence-electron chi connectivity index (χ4n) is 13.5. The van der Waals surface area contributed by atoms with E-state index in [2.05, 4.69) is 128 Å². The summed E-state index contributed by atoms with van der Waals surface area (Å²) in [5.41, 5.74) is 12.6. The predicted molar refractivity (Wildman–Crippen MR) is 331 cm³/mol. The van der Waals surface area contributed by atoms with Crippen LogP contribution in [0.25, 0.3) is 72.0 Å². The lowest BCUT2D eigenvalue weighted by Gasteiger charge is -2.42. The molecule has 12 aromatic rings. The van der Waals surface area contributed by atoms with E-state index in [9.17, 15) is 5.26 Å². The molecule has 4 nitrogen and oxygen atoms in total. The molecule has 1 aromatic heterocycles. The third-order valence-corrected chi connectivity index (χ3v) is 17.4. The Labute approximate surface area is 488 Å². The standard InChI is InChI=1S/C75H52F6N4/c1-72(2)57-29-17-19-31-63(57)83(52-25-13-7-14-26-52)65-41-48(33-37-59(65)72)69-67(46-21-9-5-10-22-46)56(45-82)68(47-23-11-6-12-24-47)70(49-34-38-60-66(42-49)84(53-27-15-8-16-28-53)64-32-20-18-30-58(64)73(60,3)4)71(69)85-61-39-35-50(74(76,77)78)43-54(61)55-44-51(75(79,80)81)36-40-62(55)85/h5-44H,1-4H3. The molecule has 0 spiro atoms. The lowest BCUT2D eigenvalue weighted by Crippen LogP contribution is -2.30. The molecule has 85 heavy (non-hydrogen) atoms. The predicted octanol–water partition coefficient (Wildman–Crippen LogP) is 21.6. The van der Waals surface area contributed by atoms with Crippen molar-refractivity contribution in [3.8, 4) is 56.3 Å². The first-order chi connectivity index (χ1) is 40.9. The highest BCUT2D eigenvalue weighted by Gasteiger charge is 2.41. The van der Waals surface area contributed by atoms with Gasteiger partial charge in [-0.3, -0.25) is 0 Å². The van der Waals surface area contributed by atoms with Crippen molar-refractivity contribution >= 4 is 55.9 Å². The molecule has 2 aliphatic rings. The fraction of sp³-hybridized carbons (Fsp3) is 0.107. The Morgan fingerprint density at radius 3 is 1.08 bits per heavy atom. The van der Waals surface area contributed by atoms with Crippen molar-refractivity contribution in [2.24, 2.45) is 0 Å². The minimum Gasteiger partial charge on any atom is -0.310 e. The molecule has 0 fully saturated rings. The van der Waals surface area contributed by atoms with Gasteiger partial charge in [-0.1, -0.05) is 185 Å². The van der Waals surface area contributed by atoms with Gasteiger partial charge in [0.1, 0.15) is 6.07 Å². The molecule has 11 aromatic carbocycles. The van der Waals surface area contributed by atoms with Gasteiger partial charge in [0, 0.05) is 55.2 Å². The second-order valence-electron chi connectivity index (χ2n) is 23.0. The van der Waals surface area contributed by atoms with Crippen molar-refractivity contribution in [3.63, 3.8) is 0 Å². The highest BCUT2D eigenvalue weighted by Crippen LogP contribution is 2.59. The highest BCUT2D eigenvalue weighted by atomic mass is 19.4. The van der Waals surface area contributed by atoms with Gasteiger partial charge in [-0.2, -0.15) is 31.6 Å². The summed E-state index contributed by atoms with van der Waals surface area (Å²) in [4.78, 5) is 4.48. The van der Waals surface area contributed by atoms with Crippen molar-refractivity contribution in [3.05, 3.63) is 282 Å². The van der Waals surface area contributed by atoms with Crippen molar-refractivity contribution in [1.82, 2.24) is 4.57 Å². The van der Waals surface area contributed by atoms with Crippen LogP contribution in [0.15, 0.2) is 243 Å². The van der Waals surface area contributed by atoms with E-state index in [1.54, 1.807) is 0 Å². The molecular weight excluding hydrogens is 1070 g/mol. The van der Waals surface area contributed by atoms with Crippen LogP contribution >= 0.6 is 0 Å². The second-order valence-corrected chi connectivity index (χ2v) is 23.0. The maximum absolute atomic E-state index is 15.1. The summed E-state index contributed by atoms with van der Waals surface area (Å²) < 4.78 is 92.5. The van der Waals surface area contributed by atoms with E-state index in [-0.39, 0.29) is 21.8 Å². The molecule has 0 unspecified atom stereocenters. The molecule has 14 rings (SSSR count). The molecule has 0 aliphatic carbocycles. The molecule has 2 aliphatic heterocycles. The number of nitrogens with zero attached hydrogens (tertiary/aromatic N) is 4. The van der Waals surface area contributed by atoms with Crippen molar-refractivity contribution in [2.45, 2.75) is 50.9 Å². The molecule has 0 saturated carbocycles. The van der Waals surface area contributed by atoms with E-state index in [4.69, 9.17) is 0 Å². The van der Waals surface area contributed by atoms with E-state index in [0.29, 0.717) is 55.8 Å². The van der Waals surface area contributed by atoms with Crippen molar-refractivity contribution in [1.29, 1.82) is 5.26 Å². The molecule has 0 saturated heterocycles. The molecule has 0 bridgehead atoms. The van der Waals surface area contributed by atoms with Crippen LogP contribution in [0.5, 0.6) is 0 Å². The zero-order chi connectivity index (χ0) is 58.7. The molecular formula is C75H52F6N4. The zero-order valence-electron chi connectivity index (χ0n) is 46.7. The van der Waals surface area contributed by atoms with Crippen LogP contribution in [0, 0.1) is 11.3 Å². The number of alkyl halides is 6. The maximum Gasteiger partial charge on any atom is 0.416 e. The Balaban J connectivity index is 1.22. The van der Waals surface area contributed by atoms with Gasteiger partial charge in [0.05, 0.1) is 56.2 Å². The van der Waals surface area contributed by atoms with E-state index in [0.717, 1.165) is 80.6 Å². The largest absolute Gasteiger partial charge is 0.416 e.